The van der Waals surface area contributed by atoms with Gasteiger partial charge in [0, 0.05) is 24.9 Å². The van der Waals surface area contributed by atoms with E-state index in [1.54, 1.807) is 18.4 Å². The summed E-state index contributed by atoms with van der Waals surface area (Å²) in [5.74, 6) is -0.270. The quantitative estimate of drug-likeness (QED) is 0.670. The molecule has 0 spiro atoms. The molecule has 0 fully saturated rings. The van der Waals surface area contributed by atoms with Crippen molar-refractivity contribution in [3.8, 4) is 0 Å². The Hall–Kier alpha value is -2.18. The van der Waals surface area contributed by atoms with Crippen LogP contribution in [-0.2, 0) is 9.59 Å². The Bertz CT molecular complexity index is 918. The summed E-state index contributed by atoms with van der Waals surface area (Å²) in [5.41, 5.74) is 1.59. The molecule has 1 aliphatic heterocycles. The largest absolute Gasteiger partial charge is 0.336 e. The number of nitrogens with zero attached hydrogens (tertiary/aromatic N) is 3. The number of carbonyl (C=O) groups is 2. The highest BCUT2D eigenvalue weighted by molar-refractivity contribution is 7.12. The molecule has 0 saturated carbocycles. The fraction of sp³-hybridized carbons (Fsp3) is 0.409. The minimum absolute atomic E-state index is 0.0168. The van der Waals surface area contributed by atoms with E-state index in [0.717, 1.165) is 16.2 Å². The van der Waals surface area contributed by atoms with Crippen molar-refractivity contribution in [2.24, 2.45) is 10.5 Å². The van der Waals surface area contributed by atoms with Crippen LogP contribution in [0.5, 0.6) is 0 Å². The lowest BCUT2D eigenvalue weighted by Crippen LogP contribution is -2.40. The van der Waals surface area contributed by atoms with Crippen LogP contribution in [0, 0.1) is 5.41 Å². The molecule has 2 amide bonds. The van der Waals surface area contributed by atoms with Crippen molar-refractivity contribution in [2.45, 2.75) is 39.7 Å². The summed E-state index contributed by atoms with van der Waals surface area (Å²) >= 11 is 8.02. The number of amides is 2. The third-order valence-electron chi connectivity index (χ3n) is 4.72. The highest BCUT2D eigenvalue weighted by Gasteiger charge is 2.35. The van der Waals surface area contributed by atoms with Crippen LogP contribution in [-0.4, -0.2) is 41.0 Å². The second kappa shape index (κ2) is 8.67. The van der Waals surface area contributed by atoms with Crippen molar-refractivity contribution in [3.63, 3.8) is 0 Å². The van der Waals surface area contributed by atoms with Crippen LogP contribution in [0.2, 0.25) is 5.02 Å². The molecule has 0 N–H and O–H groups in total. The van der Waals surface area contributed by atoms with E-state index >= 15 is 0 Å². The molecular formula is C22H26ClN3O2S. The number of hydrogen-bond donors (Lipinski definition) is 0. The van der Waals surface area contributed by atoms with E-state index in [4.69, 9.17) is 11.6 Å². The monoisotopic (exact) mass is 431 g/mol. The maximum Gasteiger partial charge on any atom is 0.262 e. The van der Waals surface area contributed by atoms with Crippen LogP contribution in [0.3, 0.4) is 0 Å². The Morgan fingerprint density at radius 2 is 1.97 bits per heavy atom. The molecule has 2 heterocycles. The van der Waals surface area contributed by atoms with Gasteiger partial charge in [-0.05, 0) is 28.5 Å². The molecule has 0 saturated heterocycles. The van der Waals surface area contributed by atoms with Gasteiger partial charge in [-0.3, -0.25) is 9.59 Å². The second-order valence-corrected chi connectivity index (χ2v) is 9.85. The lowest BCUT2D eigenvalue weighted by atomic mass is 9.92. The third kappa shape index (κ3) is 5.25. The van der Waals surface area contributed by atoms with Crippen LogP contribution in [0.25, 0.3) is 0 Å². The first-order chi connectivity index (χ1) is 13.7. The van der Waals surface area contributed by atoms with Crippen LogP contribution in [0.1, 0.15) is 50.1 Å². The first-order valence-electron chi connectivity index (χ1n) is 9.57. The molecule has 29 heavy (non-hydrogen) atoms. The van der Waals surface area contributed by atoms with Crippen LogP contribution in [0.15, 0.2) is 46.9 Å². The maximum atomic E-state index is 13.1. The van der Waals surface area contributed by atoms with Gasteiger partial charge in [0.05, 0.1) is 16.6 Å². The SMILES string of the molecule is CN(CC(=O)N1N=C(c2cccs2)C[C@@H]1c1ccccc1Cl)C(=O)CC(C)(C)C. The average Bonchev–Trinajstić information content (AvgIpc) is 3.30. The molecule has 0 radical (unpaired) electrons. The van der Waals surface area contributed by atoms with Crippen molar-refractivity contribution in [1.82, 2.24) is 9.91 Å². The molecular weight excluding hydrogens is 406 g/mol. The molecule has 1 aromatic carbocycles. The number of thiophene rings is 1. The van der Waals surface area contributed by atoms with E-state index < -0.39 is 0 Å². The van der Waals surface area contributed by atoms with E-state index in [1.807, 2.05) is 62.5 Å². The molecule has 154 valence electrons. The summed E-state index contributed by atoms with van der Waals surface area (Å²) in [6, 6.07) is 11.2. The highest BCUT2D eigenvalue weighted by atomic mass is 35.5. The number of likely N-dealkylation sites (N-methyl/N-ethyl adjacent to an activating group) is 1. The highest BCUT2D eigenvalue weighted by Crippen LogP contribution is 2.37. The van der Waals surface area contributed by atoms with Gasteiger partial charge < -0.3 is 4.90 Å². The number of hydrazone groups is 1. The molecule has 0 unspecified atom stereocenters. The van der Waals surface area contributed by atoms with Crippen molar-refractivity contribution in [1.29, 1.82) is 0 Å². The topological polar surface area (TPSA) is 53.0 Å². The van der Waals surface area contributed by atoms with Crippen molar-refractivity contribution in [3.05, 3.63) is 57.2 Å². The normalized spacial score (nSPS) is 16.7. The molecule has 3 rings (SSSR count). The molecule has 1 atom stereocenters. The molecule has 0 bridgehead atoms. The maximum absolute atomic E-state index is 13.1. The molecule has 5 nitrogen and oxygen atoms in total. The smallest absolute Gasteiger partial charge is 0.262 e. The third-order valence-corrected chi connectivity index (χ3v) is 5.98. The minimum Gasteiger partial charge on any atom is -0.336 e. The molecule has 0 aliphatic carbocycles. The van der Waals surface area contributed by atoms with Gasteiger partial charge in [-0.25, -0.2) is 5.01 Å². The second-order valence-electron chi connectivity index (χ2n) is 8.49. The molecule has 1 aliphatic rings. The van der Waals surface area contributed by atoms with E-state index in [0.29, 0.717) is 17.9 Å². The Balaban J connectivity index is 1.83. The van der Waals surface area contributed by atoms with Gasteiger partial charge in [-0.15, -0.1) is 11.3 Å². The number of benzene rings is 1. The fourth-order valence-corrected chi connectivity index (χ4v) is 4.25. The molecule has 7 heteroatoms. The fourth-order valence-electron chi connectivity index (χ4n) is 3.27. The molecule has 1 aromatic heterocycles. The zero-order valence-electron chi connectivity index (χ0n) is 17.2. The average molecular weight is 432 g/mol. The van der Waals surface area contributed by atoms with Gasteiger partial charge in [-0.1, -0.05) is 56.6 Å². The van der Waals surface area contributed by atoms with Crippen LogP contribution >= 0.6 is 22.9 Å². The van der Waals surface area contributed by atoms with Crippen LogP contribution < -0.4 is 0 Å². The Morgan fingerprint density at radius 1 is 1.24 bits per heavy atom. The summed E-state index contributed by atoms with van der Waals surface area (Å²) in [4.78, 5) is 28.1. The van der Waals surface area contributed by atoms with Gasteiger partial charge in [0.15, 0.2) is 0 Å². The summed E-state index contributed by atoms with van der Waals surface area (Å²) in [6.07, 6.45) is 0.976. The van der Waals surface area contributed by atoms with Gasteiger partial charge in [0.2, 0.25) is 5.91 Å². The van der Waals surface area contributed by atoms with Crippen molar-refractivity contribution < 1.29 is 9.59 Å². The number of rotatable bonds is 5. The first-order valence-corrected chi connectivity index (χ1v) is 10.8. The summed E-state index contributed by atoms with van der Waals surface area (Å²) < 4.78 is 0. The number of halogens is 1. The number of hydrogen-bond acceptors (Lipinski definition) is 4. The minimum atomic E-state index is -0.278. The summed E-state index contributed by atoms with van der Waals surface area (Å²) in [6.45, 7) is 6.00. The van der Waals surface area contributed by atoms with Gasteiger partial charge in [0.25, 0.3) is 5.91 Å². The number of carbonyl (C=O) groups excluding carboxylic acids is 2. The first kappa shape index (κ1) is 21.5. The lowest BCUT2D eigenvalue weighted by Gasteiger charge is -2.27. The van der Waals surface area contributed by atoms with Crippen molar-refractivity contribution >= 4 is 40.5 Å². The predicted molar refractivity (Wildman–Crippen MR) is 118 cm³/mol. The van der Waals surface area contributed by atoms with E-state index in [9.17, 15) is 9.59 Å². The van der Waals surface area contributed by atoms with Crippen molar-refractivity contribution in [2.75, 3.05) is 13.6 Å². The van der Waals surface area contributed by atoms with Gasteiger partial charge >= 0.3 is 0 Å². The Labute approximate surface area is 181 Å². The Kier molecular flexibility index (Phi) is 6.44. The summed E-state index contributed by atoms with van der Waals surface area (Å²) in [5, 5.41) is 8.73. The predicted octanol–water partition coefficient (Wildman–Crippen LogP) is 4.97. The zero-order valence-corrected chi connectivity index (χ0v) is 18.8. The van der Waals surface area contributed by atoms with E-state index in [1.165, 1.54) is 9.91 Å². The van der Waals surface area contributed by atoms with Gasteiger partial charge in [0.1, 0.15) is 6.54 Å². The van der Waals surface area contributed by atoms with E-state index in [2.05, 4.69) is 5.10 Å². The van der Waals surface area contributed by atoms with Gasteiger partial charge in [-0.2, -0.15) is 5.10 Å². The van der Waals surface area contributed by atoms with Crippen LogP contribution in [0.4, 0.5) is 0 Å². The Morgan fingerprint density at radius 3 is 2.59 bits per heavy atom. The lowest BCUT2D eigenvalue weighted by molar-refractivity contribution is -0.141. The molecule has 2 aromatic rings. The summed E-state index contributed by atoms with van der Waals surface area (Å²) in [7, 11) is 1.66. The van der Waals surface area contributed by atoms with E-state index in [-0.39, 0.29) is 29.8 Å². The standard InChI is InChI=1S/C22H26ClN3O2S/c1-22(2,3)13-20(27)25(4)14-21(28)26-18(15-8-5-6-9-16(15)23)12-17(24-26)19-10-7-11-29-19/h5-11,18H,12-14H2,1-4H3/t18-/m1/s1. The zero-order chi connectivity index (χ0) is 21.2.